The van der Waals surface area contributed by atoms with E-state index in [1.165, 1.54) is 38.5 Å². The topological polar surface area (TPSA) is 97.1 Å². The van der Waals surface area contributed by atoms with Gasteiger partial charge in [-0.1, -0.05) is 15.9 Å². The molecule has 8 nitrogen and oxygen atoms in total. The zero-order chi connectivity index (χ0) is 21.4. The van der Waals surface area contributed by atoms with Crippen LogP contribution in [-0.2, 0) is 11.3 Å². The van der Waals surface area contributed by atoms with Gasteiger partial charge in [-0.2, -0.15) is 0 Å². The third-order valence-electron chi connectivity index (χ3n) is 4.11. The van der Waals surface area contributed by atoms with Gasteiger partial charge in [-0.15, -0.1) is 0 Å². The quantitative estimate of drug-likeness (QED) is 0.167. The van der Waals surface area contributed by atoms with Gasteiger partial charge in [0.25, 0.3) is 5.69 Å². The van der Waals surface area contributed by atoms with Gasteiger partial charge in [0.2, 0.25) is 5.75 Å². The maximum absolute atomic E-state index is 12.3. The van der Waals surface area contributed by atoms with Crippen LogP contribution in [0.5, 0.6) is 17.2 Å². The van der Waals surface area contributed by atoms with E-state index in [2.05, 4.69) is 15.9 Å². The fourth-order valence-electron chi connectivity index (χ4n) is 2.57. The standard InChI is InChI=1S/C20H22BrNO7/c1-13-9-16(22(24)25)6-5-14(13)12-29-18-11-15(20(23)28-8-4-7-21)10-17(26-2)19(18)27-3/h5-6,9-11H,4,7-8,12H2,1-3H3. The number of methoxy groups -OCH3 is 2. The second-order valence-electron chi connectivity index (χ2n) is 6.04. The fourth-order valence-corrected chi connectivity index (χ4v) is 2.80. The zero-order valence-corrected chi connectivity index (χ0v) is 18.0. The van der Waals surface area contributed by atoms with Crippen molar-refractivity contribution in [2.24, 2.45) is 0 Å². The smallest absolute Gasteiger partial charge is 0.338 e. The lowest BCUT2D eigenvalue weighted by Crippen LogP contribution is -2.09. The summed E-state index contributed by atoms with van der Waals surface area (Å²) in [5.74, 6) is 0.474. The lowest BCUT2D eigenvalue weighted by Gasteiger charge is -2.16. The molecule has 156 valence electrons. The van der Waals surface area contributed by atoms with Crippen LogP contribution in [0.3, 0.4) is 0 Å². The van der Waals surface area contributed by atoms with E-state index in [1.807, 2.05) is 0 Å². The monoisotopic (exact) mass is 467 g/mol. The van der Waals surface area contributed by atoms with Crippen LogP contribution in [-0.4, -0.2) is 37.0 Å². The second kappa shape index (κ2) is 10.7. The Morgan fingerprint density at radius 3 is 2.45 bits per heavy atom. The van der Waals surface area contributed by atoms with Crippen molar-refractivity contribution in [3.05, 3.63) is 57.1 Å². The molecule has 0 aliphatic rings. The van der Waals surface area contributed by atoms with Gasteiger partial charge in [0, 0.05) is 17.5 Å². The number of hydrogen-bond acceptors (Lipinski definition) is 7. The number of carbonyl (C=O) groups excluding carboxylic acids is 1. The molecule has 0 aliphatic carbocycles. The SMILES string of the molecule is COc1cc(C(=O)OCCCBr)cc(OCc2ccc([N+](=O)[O-])cc2C)c1OC. The van der Waals surface area contributed by atoms with Crippen LogP contribution in [0.15, 0.2) is 30.3 Å². The Kier molecular flexibility index (Phi) is 8.26. The van der Waals surface area contributed by atoms with E-state index in [0.717, 1.165) is 16.5 Å². The molecule has 0 fully saturated rings. The van der Waals surface area contributed by atoms with Crippen molar-refractivity contribution in [2.75, 3.05) is 26.2 Å². The summed E-state index contributed by atoms with van der Waals surface area (Å²) < 4.78 is 21.8. The van der Waals surface area contributed by atoms with Gasteiger partial charge in [-0.05, 0) is 42.7 Å². The van der Waals surface area contributed by atoms with Crippen molar-refractivity contribution in [3.8, 4) is 17.2 Å². The molecule has 0 saturated heterocycles. The third kappa shape index (κ3) is 5.83. The summed E-state index contributed by atoms with van der Waals surface area (Å²) in [5, 5.41) is 11.6. The summed E-state index contributed by atoms with van der Waals surface area (Å²) in [4.78, 5) is 22.8. The molecule has 0 aromatic heterocycles. The van der Waals surface area contributed by atoms with Crippen LogP contribution in [0.4, 0.5) is 5.69 Å². The molecule has 0 bridgehead atoms. The van der Waals surface area contributed by atoms with Crippen LogP contribution in [0.2, 0.25) is 0 Å². The highest BCUT2D eigenvalue weighted by molar-refractivity contribution is 9.09. The first-order valence-electron chi connectivity index (χ1n) is 8.77. The van der Waals surface area contributed by atoms with Gasteiger partial charge < -0.3 is 18.9 Å². The summed E-state index contributed by atoms with van der Waals surface area (Å²) >= 11 is 3.28. The highest BCUT2D eigenvalue weighted by Gasteiger charge is 2.19. The number of carbonyl (C=O) groups is 1. The molecular weight excluding hydrogens is 446 g/mol. The number of hydrogen-bond donors (Lipinski definition) is 0. The van der Waals surface area contributed by atoms with Gasteiger partial charge in [0.15, 0.2) is 11.5 Å². The highest BCUT2D eigenvalue weighted by atomic mass is 79.9. The number of nitro benzene ring substituents is 1. The Hall–Kier alpha value is -2.81. The molecule has 0 unspecified atom stereocenters. The number of nitrogens with zero attached hydrogens (tertiary/aromatic N) is 1. The van der Waals surface area contributed by atoms with Crippen LogP contribution >= 0.6 is 15.9 Å². The molecule has 0 saturated carbocycles. The highest BCUT2D eigenvalue weighted by Crippen LogP contribution is 2.39. The predicted octanol–water partition coefficient (Wildman–Crippen LogP) is 4.44. The Labute approximate surface area is 177 Å². The average Bonchev–Trinajstić information content (AvgIpc) is 2.71. The van der Waals surface area contributed by atoms with Crippen molar-refractivity contribution in [1.82, 2.24) is 0 Å². The van der Waals surface area contributed by atoms with Gasteiger partial charge in [-0.3, -0.25) is 10.1 Å². The van der Waals surface area contributed by atoms with Gasteiger partial charge in [-0.25, -0.2) is 4.79 Å². The number of alkyl halides is 1. The summed E-state index contributed by atoms with van der Waals surface area (Å²) in [6.07, 6.45) is 0.696. The molecule has 9 heteroatoms. The Bertz CT molecular complexity index is 885. The van der Waals surface area contributed by atoms with E-state index in [1.54, 1.807) is 13.0 Å². The molecule has 29 heavy (non-hydrogen) atoms. The van der Waals surface area contributed by atoms with Gasteiger partial charge >= 0.3 is 5.97 Å². The van der Waals surface area contributed by atoms with Crippen molar-refractivity contribution >= 4 is 27.6 Å². The van der Waals surface area contributed by atoms with Crippen molar-refractivity contribution < 1.29 is 28.7 Å². The van der Waals surface area contributed by atoms with E-state index in [9.17, 15) is 14.9 Å². The predicted molar refractivity (Wildman–Crippen MR) is 110 cm³/mol. The lowest BCUT2D eigenvalue weighted by atomic mass is 10.1. The molecule has 0 spiro atoms. The maximum atomic E-state index is 12.3. The van der Waals surface area contributed by atoms with E-state index in [4.69, 9.17) is 18.9 Å². The van der Waals surface area contributed by atoms with Crippen molar-refractivity contribution in [3.63, 3.8) is 0 Å². The first-order valence-corrected chi connectivity index (χ1v) is 9.89. The molecule has 0 radical (unpaired) electrons. The lowest BCUT2D eigenvalue weighted by molar-refractivity contribution is -0.384. The number of rotatable bonds is 10. The van der Waals surface area contributed by atoms with Crippen LogP contribution in [0.1, 0.15) is 27.9 Å². The Balaban J connectivity index is 2.27. The molecule has 2 aromatic carbocycles. The number of nitro groups is 1. The summed E-state index contributed by atoms with van der Waals surface area (Å²) in [6.45, 7) is 2.18. The number of esters is 1. The second-order valence-corrected chi connectivity index (χ2v) is 6.84. The number of non-ortho nitro benzene ring substituents is 1. The van der Waals surface area contributed by atoms with Crippen LogP contribution < -0.4 is 14.2 Å². The van der Waals surface area contributed by atoms with Crippen molar-refractivity contribution in [2.45, 2.75) is 20.0 Å². The van der Waals surface area contributed by atoms with E-state index in [0.29, 0.717) is 23.7 Å². The molecule has 0 N–H and O–H groups in total. The molecular formula is C20H22BrNO7. The summed E-state index contributed by atoms with van der Waals surface area (Å²) in [6, 6.07) is 7.59. The number of halogens is 1. The van der Waals surface area contributed by atoms with Crippen LogP contribution in [0, 0.1) is 17.0 Å². The zero-order valence-electron chi connectivity index (χ0n) is 16.4. The van der Waals surface area contributed by atoms with Gasteiger partial charge in [0.1, 0.15) is 6.61 Å². The minimum Gasteiger partial charge on any atom is -0.493 e. The number of aryl methyl sites for hydroxylation is 1. The summed E-state index contributed by atoms with van der Waals surface area (Å²) in [7, 11) is 2.93. The van der Waals surface area contributed by atoms with E-state index in [-0.39, 0.29) is 24.5 Å². The van der Waals surface area contributed by atoms with E-state index < -0.39 is 10.9 Å². The minimum atomic E-state index is -0.497. The first kappa shape index (κ1) is 22.5. The molecule has 2 aromatic rings. The minimum absolute atomic E-state index is 0.0127. The molecule has 0 aliphatic heterocycles. The fraction of sp³-hybridized carbons (Fsp3) is 0.350. The van der Waals surface area contributed by atoms with Crippen molar-refractivity contribution in [1.29, 1.82) is 0 Å². The number of benzene rings is 2. The van der Waals surface area contributed by atoms with Gasteiger partial charge in [0.05, 0.1) is 31.3 Å². The normalized spacial score (nSPS) is 10.3. The third-order valence-corrected chi connectivity index (χ3v) is 4.67. The van der Waals surface area contributed by atoms with Crippen LogP contribution in [0.25, 0.3) is 0 Å². The molecule has 0 atom stereocenters. The average molecular weight is 468 g/mol. The number of ether oxygens (including phenoxy) is 4. The molecule has 0 amide bonds. The summed E-state index contributed by atoms with van der Waals surface area (Å²) in [5.41, 5.74) is 1.77. The Morgan fingerprint density at radius 2 is 1.86 bits per heavy atom. The molecule has 0 heterocycles. The first-order chi connectivity index (χ1) is 13.9. The molecule has 2 rings (SSSR count). The van der Waals surface area contributed by atoms with E-state index >= 15 is 0 Å². The maximum Gasteiger partial charge on any atom is 0.338 e. The Morgan fingerprint density at radius 1 is 1.14 bits per heavy atom. The largest absolute Gasteiger partial charge is 0.493 e.